The molecule has 5 aromatic rings. The zero-order valence-electron chi connectivity index (χ0n) is 26.7. The van der Waals surface area contributed by atoms with E-state index in [9.17, 15) is 9.59 Å². The van der Waals surface area contributed by atoms with E-state index in [0.29, 0.717) is 47.5 Å². The van der Waals surface area contributed by atoms with Gasteiger partial charge in [0.2, 0.25) is 0 Å². The fourth-order valence-electron chi connectivity index (χ4n) is 6.03. The molecule has 48 heavy (non-hydrogen) atoms. The van der Waals surface area contributed by atoms with Crippen molar-refractivity contribution in [2.75, 3.05) is 33.2 Å². The van der Waals surface area contributed by atoms with Crippen molar-refractivity contribution >= 4 is 27.5 Å². The molecule has 8 nitrogen and oxygen atoms in total. The Bertz CT molecular complexity index is 2020. The van der Waals surface area contributed by atoms with E-state index in [2.05, 4.69) is 20.9 Å². The summed E-state index contributed by atoms with van der Waals surface area (Å²) >= 11 is 3.28. The van der Waals surface area contributed by atoms with E-state index in [1.54, 1.807) is 44.9 Å². The monoisotopic (exact) mass is 711 g/mol. The summed E-state index contributed by atoms with van der Waals surface area (Å²) in [7, 11) is 3.17. The smallest absolute Gasteiger partial charge is 0.200 e. The highest BCUT2D eigenvalue weighted by molar-refractivity contribution is 9.10. The summed E-state index contributed by atoms with van der Waals surface area (Å²) in [6.07, 6.45) is 6.72. The van der Waals surface area contributed by atoms with Crippen LogP contribution in [0.5, 0.6) is 11.5 Å². The van der Waals surface area contributed by atoms with Crippen LogP contribution in [0.25, 0.3) is 33.4 Å². The van der Waals surface area contributed by atoms with Gasteiger partial charge in [-0.3, -0.25) is 9.59 Å². The number of benzene rings is 3. The molecule has 0 unspecified atom stereocenters. The molecule has 0 saturated carbocycles. The number of ether oxygens (including phenoxy) is 3. The molecule has 10 heteroatoms. The van der Waals surface area contributed by atoms with Crippen molar-refractivity contribution in [3.8, 4) is 44.9 Å². The number of carbonyl (C=O) groups excluding carboxylic acids is 1. The predicted octanol–water partition coefficient (Wildman–Crippen LogP) is 7.60. The van der Waals surface area contributed by atoms with Crippen LogP contribution in [0.3, 0.4) is 0 Å². The van der Waals surface area contributed by atoms with Crippen LogP contribution in [0.2, 0.25) is 0 Å². The fraction of sp³-hybridized carbons (Fsp3) is 0.237. The van der Waals surface area contributed by atoms with Crippen LogP contribution in [0, 0.1) is 11.7 Å². The van der Waals surface area contributed by atoms with Gasteiger partial charge in [0.15, 0.2) is 22.7 Å². The summed E-state index contributed by atoms with van der Waals surface area (Å²) in [5, 5.41) is 0. The van der Waals surface area contributed by atoms with Crippen molar-refractivity contribution in [2.24, 2.45) is 5.92 Å². The minimum atomic E-state index is -0.539. The first-order valence-electron chi connectivity index (χ1n) is 15.6. The van der Waals surface area contributed by atoms with Crippen molar-refractivity contribution in [3.05, 3.63) is 117 Å². The number of anilines is 1. The average Bonchev–Trinajstić information content (AvgIpc) is 3.10. The van der Waals surface area contributed by atoms with Crippen LogP contribution in [-0.2, 0) is 17.7 Å². The second-order valence-corrected chi connectivity index (χ2v) is 12.7. The van der Waals surface area contributed by atoms with Gasteiger partial charge in [-0.2, -0.15) is 0 Å². The van der Waals surface area contributed by atoms with E-state index in [1.807, 2.05) is 53.1 Å². The summed E-state index contributed by atoms with van der Waals surface area (Å²) in [5.74, 6) is 1.04. The molecular formula is C38H35BrFN3O5. The van der Waals surface area contributed by atoms with E-state index in [0.717, 1.165) is 40.7 Å². The molecule has 3 aromatic carbocycles. The third-order valence-corrected chi connectivity index (χ3v) is 9.17. The Morgan fingerprint density at radius 3 is 2.35 bits per heavy atom. The number of carbonyl (C=O) groups is 1. The molecule has 1 aliphatic rings. The van der Waals surface area contributed by atoms with Crippen molar-refractivity contribution in [1.82, 2.24) is 9.55 Å². The van der Waals surface area contributed by atoms with Gasteiger partial charge in [-0.25, -0.2) is 9.37 Å². The van der Waals surface area contributed by atoms with Crippen molar-refractivity contribution in [1.29, 1.82) is 0 Å². The molecule has 1 aliphatic heterocycles. The number of nitrogens with zero attached hydrogens (tertiary/aromatic N) is 2. The first kappa shape index (κ1) is 33.1. The third kappa shape index (κ3) is 7.19. The Labute approximate surface area is 286 Å². The van der Waals surface area contributed by atoms with E-state index in [-0.39, 0.29) is 28.9 Å². The lowest BCUT2D eigenvalue weighted by atomic mass is 9.96. The van der Waals surface area contributed by atoms with Crippen LogP contribution >= 0.6 is 15.9 Å². The number of nitrogens with two attached hydrogens (primary N) is 1. The maximum Gasteiger partial charge on any atom is 0.200 e. The number of pyridine rings is 2. The van der Waals surface area contributed by atoms with Gasteiger partial charge >= 0.3 is 0 Å². The minimum absolute atomic E-state index is 0.00151. The molecular weight excluding hydrogens is 677 g/mol. The van der Waals surface area contributed by atoms with Crippen LogP contribution in [0.4, 0.5) is 10.2 Å². The van der Waals surface area contributed by atoms with Crippen molar-refractivity contribution in [3.63, 3.8) is 0 Å². The maximum absolute atomic E-state index is 15.1. The van der Waals surface area contributed by atoms with Gasteiger partial charge in [-0.15, -0.1) is 0 Å². The Hall–Kier alpha value is -4.80. The summed E-state index contributed by atoms with van der Waals surface area (Å²) in [5.41, 5.74) is 10.2. The standard InChI is InChI=1S/C38H35BrFN3O5/c1-46-35-10-7-26(17-36(35)47-2)27-16-30(38(41)42-19-27)25-5-3-23(4-6-25)15-34(44)32-22-43(20-24-11-13-48-14-12-24)21-31(37(32)45)29-9-8-28(39)18-33(29)40/h3-10,16-19,21-22,24H,11-15,20H2,1-2H3,(H2,41,42). The normalized spacial score (nSPS) is 13.3. The van der Waals surface area contributed by atoms with Crippen LogP contribution in [-0.4, -0.2) is 42.8 Å². The molecule has 0 spiro atoms. The van der Waals surface area contributed by atoms with E-state index < -0.39 is 11.2 Å². The molecule has 3 heterocycles. The number of methoxy groups -OCH3 is 2. The number of hydrogen-bond acceptors (Lipinski definition) is 7. The number of halogens is 2. The molecule has 0 bridgehead atoms. The summed E-state index contributed by atoms with van der Waals surface area (Å²) in [6, 6.07) is 19.6. The molecule has 0 atom stereocenters. The summed E-state index contributed by atoms with van der Waals surface area (Å²) < 4.78 is 33.8. The van der Waals surface area contributed by atoms with Gasteiger partial charge < -0.3 is 24.5 Å². The first-order valence-corrected chi connectivity index (χ1v) is 16.4. The van der Waals surface area contributed by atoms with Gasteiger partial charge in [0.25, 0.3) is 0 Å². The molecule has 2 aromatic heterocycles. The quantitative estimate of drug-likeness (QED) is 0.149. The first-order chi connectivity index (χ1) is 23.2. The van der Waals surface area contributed by atoms with E-state index in [4.69, 9.17) is 19.9 Å². The second-order valence-electron chi connectivity index (χ2n) is 11.8. The number of hydrogen-bond donors (Lipinski definition) is 1. The number of aromatic nitrogens is 2. The Morgan fingerprint density at radius 1 is 0.917 bits per heavy atom. The van der Waals surface area contributed by atoms with Crippen LogP contribution in [0.1, 0.15) is 28.8 Å². The Morgan fingerprint density at radius 2 is 1.65 bits per heavy atom. The second kappa shape index (κ2) is 14.5. The number of ketones is 1. The predicted molar refractivity (Wildman–Crippen MR) is 188 cm³/mol. The summed E-state index contributed by atoms with van der Waals surface area (Å²) in [6.45, 7) is 1.94. The van der Waals surface area contributed by atoms with E-state index in [1.165, 1.54) is 6.07 Å². The molecule has 2 N–H and O–H groups in total. The molecule has 0 amide bonds. The number of rotatable bonds is 10. The highest BCUT2D eigenvalue weighted by atomic mass is 79.9. The van der Waals surface area contributed by atoms with Gasteiger partial charge in [0, 0.05) is 71.5 Å². The van der Waals surface area contributed by atoms with Crippen LogP contribution < -0.4 is 20.6 Å². The molecule has 0 radical (unpaired) electrons. The molecule has 1 saturated heterocycles. The highest BCUT2D eigenvalue weighted by Crippen LogP contribution is 2.35. The Kier molecular flexibility index (Phi) is 10.0. The van der Waals surface area contributed by atoms with Gasteiger partial charge in [0.05, 0.1) is 19.8 Å². The summed E-state index contributed by atoms with van der Waals surface area (Å²) in [4.78, 5) is 31.9. The average molecular weight is 713 g/mol. The van der Waals surface area contributed by atoms with Crippen LogP contribution in [0.15, 0.2) is 94.6 Å². The third-order valence-electron chi connectivity index (χ3n) is 8.68. The van der Waals surface area contributed by atoms with Crippen molar-refractivity contribution in [2.45, 2.75) is 25.8 Å². The zero-order valence-corrected chi connectivity index (χ0v) is 28.3. The lowest BCUT2D eigenvalue weighted by Crippen LogP contribution is -2.25. The zero-order chi connectivity index (χ0) is 33.8. The topological polar surface area (TPSA) is 106 Å². The van der Waals surface area contributed by atoms with Gasteiger partial charge in [-0.1, -0.05) is 52.3 Å². The molecule has 1 fully saturated rings. The highest BCUT2D eigenvalue weighted by Gasteiger charge is 2.21. The minimum Gasteiger partial charge on any atom is -0.493 e. The largest absolute Gasteiger partial charge is 0.493 e. The fourth-order valence-corrected chi connectivity index (χ4v) is 6.36. The van der Waals surface area contributed by atoms with Gasteiger partial charge in [0.1, 0.15) is 11.6 Å². The lowest BCUT2D eigenvalue weighted by molar-refractivity contribution is 0.0612. The number of Topliss-reactive ketones (excluding diaryl/α,β-unsaturated/α-hetero) is 1. The molecule has 0 aliphatic carbocycles. The van der Waals surface area contributed by atoms with Crippen molar-refractivity contribution < 1.29 is 23.4 Å². The molecule has 246 valence electrons. The Balaban J connectivity index is 1.28. The van der Waals surface area contributed by atoms with Gasteiger partial charge in [-0.05, 0) is 65.8 Å². The lowest BCUT2D eigenvalue weighted by Gasteiger charge is -2.23. The molecule has 6 rings (SSSR count). The maximum atomic E-state index is 15.1. The SMILES string of the molecule is COc1ccc(-c2cnc(N)c(-c3ccc(CC(=O)c4cn(CC5CCOCC5)cc(-c5ccc(Br)cc5F)c4=O)cc3)c2)cc1OC. The number of nitrogen functional groups attached to an aromatic ring is 1. The van der Waals surface area contributed by atoms with E-state index >= 15 is 4.39 Å².